The van der Waals surface area contributed by atoms with Crippen molar-refractivity contribution in [2.24, 2.45) is 7.05 Å². The quantitative estimate of drug-likeness (QED) is 0.451. The number of ketones is 1. The molecular weight excluding hydrogens is 394 g/mol. The van der Waals surface area contributed by atoms with Crippen LogP contribution in [0.3, 0.4) is 0 Å². The fourth-order valence-electron chi connectivity index (χ4n) is 3.18. The number of rotatable bonds is 7. The third-order valence-electron chi connectivity index (χ3n) is 4.88. The lowest BCUT2D eigenvalue weighted by Gasteiger charge is -2.25. The third kappa shape index (κ3) is 5.43. The third-order valence-corrected chi connectivity index (χ3v) is 4.88. The van der Waals surface area contributed by atoms with Gasteiger partial charge in [0.05, 0.1) is 6.04 Å². The highest BCUT2D eigenvalue weighted by Gasteiger charge is 2.20. The van der Waals surface area contributed by atoms with Crippen molar-refractivity contribution in [2.45, 2.75) is 6.04 Å². The average Bonchev–Trinajstić information content (AvgIpc) is 3.19. The summed E-state index contributed by atoms with van der Waals surface area (Å²) in [6, 6.07) is 16.1. The van der Waals surface area contributed by atoms with Crippen LogP contribution < -0.4 is 10.6 Å². The molecule has 3 rings (SSSR count). The van der Waals surface area contributed by atoms with Gasteiger partial charge in [0, 0.05) is 37.2 Å². The number of nitrogens with one attached hydrogen (secondary N) is 2. The molecule has 1 atom stereocenters. The molecule has 0 spiro atoms. The van der Waals surface area contributed by atoms with Crippen LogP contribution >= 0.6 is 0 Å². The molecule has 0 saturated heterocycles. The molecule has 0 aliphatic heterocycles. The van der Waals surface area contributed by atoms with E-state index in [4.69, 9.17) is 0 Å². The van der Waals surface area contributed by atoms with Gasteiger partial charge in [0.1, 0.15) is 0 Å². The van der Waals surface area contributed by atoms with E-state index in [9.17, 15) is 14.4 Å². The highest BCUT2D eigenvalue weighted by atomic mass is 16.2. The van der Waals surface area contributed by atoms with E-state index in [1.54, 1.807) is 42.2 Å². The first-order valence-electron chi connectivity index (χ1n) is 9.79. The van der Waals surface area contributed by atoms with E-state index in [1.807, 2.05) is 49.3 Å². The van der Waals surface area contributed by atoms with Crippen LogP contribution in [0.5, 0.6) is 0 Å². The van der Waals surface area contributed by atoms with E-state index < -0.39 is 11.8 Å². The first kappa shape index (κ1) is 21.9. The maximum Gasteiger partial charge on any atom is 0.313 e. The molecule has 0 fully saturated rings. The SMILES string of the molecule is CN(C)[C@H](CNC(=O)C(=O)Nc1cccc(C(=O)c2nccn2C)c1)c1ccccc1. The molecule has 0 unspecified atom stereocenters. The van der Waals surface area contributed by atoms with Crippen LogP contribution in [0, 0.1) is 0 Å². The zero-order valence-electron chi connectivity index (χ0n) is 17.7. The number of imidazole rings is 1. The number of benzene rings is 2. The summed E-state index contributed by atoms with van der Waals surface area (Å²) in [5.74, 6) is -1.53. The van der Waals surface area contributed by atoms with Crippen molar-refractivity contribution in [1.82, 2.24) is 19.8 Å². The topological polar surface area (TPSA) is 96.3 Å². The van der Waals surface area contributed by atoms with Crippen molar-refractivity contribution in [2.75, 3.05) is 26.0 Å². The fraction of sp³-hybridized carbons (Fsp3) is 0.217. The number of hydrogen-bond acceptors (Lipinski definition) is 5. The summed E-state index contributed by atoms with van der Waals surface area (Å²) >= 11 is 0. The van der Waals surface area contributed by atoms with Crippen LogP contribution in [0.4, 0.5) is 5.69 Å². The van der Waals surface area contributed by atoms with Gasteiger partial charge in [-0.05, 0) is 31.8 Å². The van der Waals surface area contributed by atoms with Gasteiger partial charge in [-0.15, -0.1) is 0 Å². The van der Waals surface area contributed by atoms with Gasteiger partial charge >= 0.3 is 11.8 Å². The Hall–Kier alpha value is -3.78. The van der Waals surface area contributed by atoms with E-state index in [1.165, 1.54) is 6.07 Å². The highest BCUT2D eigenvalue weighted by molar-refractivity contribution is 6.39. The second kappa shape index (κ2) is 9.82. The molecule has 31 heavy (non-hydrogen) atoms. The Bertz CT molecular complexity index is 1080. The van der Waals surface area contributed by atoms with Gasteiger partial charge in [-0.1, -0.05) is 42.5 Å². The second-order valence-corrected chi connectivity index (χ2v) is 7.33. The predicted octanol–water partition coefficient (Wildman–Crippen LogP) is 2.01. The molecule has 1 aromatic heterocycles. The van der Waals surface area contributed by atoms with Gasteiger partial charge in [0.25, 0.3) is 0 Å². The van der Waals surface area contributed by atoms with Crippen LogP contribution in [-0.4, -0.2) is 52.7 Å². The molecule has 1 heterocycles. The van der Waals surface area contributed by atoms with Gasteiger partial charge < -0.3 is 20.1 Å². The Kier molecular flexibility index (Phi) is 6.94. The number of aryl methyl sites for hydroxylation is 1. The number of nitrogens with zero attached hydrogens (tertiary/aromatic N) is 3. The minimum absolute atomic E-state index is 0.0725. The lowest BCUT2D eigenvalue weighted by molar-refractivity contribution is -0.136. The molecule has 0 aliphatic carbocycles. The maximum atomic E-state index is 12.6. The molecule has 0 aliphatic rings. The molecular formula is C23H25N5O3. The number of likely N-dealkylation sites (N-methyl/N-ethyl adjacent to an activating group) is 1. The summed E-state index contributed by atoms with van der Waals surface area (Å²) in [6.07, 6.45) is 3.22. The van der Waals surface area contributed by atoms with Gasteiger partial charge in [-0.3, -0.25) is 14.4 Å². The number of carbonyl (C=O) groups excluding carboxylic acids is 3. The van der Waals surface area contributed by atoms with Gasteiger partial charge in [0.15, 0.2) is 5.82 Å². The molecule has 2 N–H and O–H groups in total. The van der Waals surface area contributed by atoms with E-state index >= 15 is 0 Å². The van der Waals surface area contributed by atoms with Crippen LogP contribution in [0.2, 0.25) is 0 Å². The molecule has 8 nitrogen and oxygen atoms in total. The standard InChI is InChI=1S/C23H25N5O3/c1-27(2)19(16-8-5-4-6-9-16)15-25-22(30)23(31)26-18-11-7-10-17(14-18)20(29)21-24-12-13-28(21)3/h4-14,19H,15H2,1-3H3,(H,25,30)(H,26,31)/t19-/m1/s1. The summed E-state index contributed by atoms with van der Waals surface area (Å²) in [4.78, 5) is 43.3. The van der Waals surface area contributed by atoms with Gasteiger partial charge in [-0.2, -0.15) is 0 Å². The first-order chi connectivity index (χ1) is 14.9. The van der Waals surface area contributed by atoms with Crippen molar-refractivity contribution < 1.29 is 14.4 Å². The Morgan fingerprint density at radius 2 is 1.77 bits per heavy atom. The van der Waals surface area contributed by atoms with Crippen molar-refractivity contribution in [3.05, 3.63) is 83.9 Å². The van der Waals surface area contributed by atoms with Crippen LogP contribution in [0.1, 0.15) is 27.8 Å². The van der Waals surface area contributed by atoms with Crippen molar-refractivity contribution in [3.63, 3.8) is 0 Å². The Labute approximate surface area is 180 Å². The lowest BCUT2D eigenvalue weighted by Crippen LogP contribution is -2.40. The number of amides is 2. The summed E-state index contributed by atoms with van der Waals surface area (Å²) in [5.41, 5.74) is 1.75. The molecule has 2 aromatic carbocycles. The first-order valence-corrected chi connectivity index (χ1v) is 9.79. The van der Waals surface area contributed by atoms with Crippen LogP contribution in [0.15, 0.2) is 67.0 Å². The Morgan fingerprint density at radius 3 is 2.42 bits per heavy atom. The van der Waals surface area contributed by atoms with E-state index in [-0.39, 0.29) is 24.2 Å². The molecule has 160 valence electrons. The summed E-state index contributed by atoms with van der Waals surface area (Å²) < 4.78 is 1.62. The maximum absolute atomic E-state index is 12.6. The fourth-order valence-corrected chi connectivity index (χ4v) is 3.18. The summed E-state index contributed by atoms with van der Waals surface area (Å²) in [7, 11) is 5.55. The summed E-state index contributed by atoms with van der Waals surface area (Å²) in [5, 5.41) is 5.22. The molecule has 8 heteroatoms. The Balaban J connectivity index is 1.63. The number of anilines is 1. The van der Waals surface area contributed by atoms with Crippen LogP contribution in [0.25, 0.3) is 0 Å². The number of carbonyl (C=O) groups is 3. The largest absolute Gasteiger partial charge is 0.346 e. The van der Waals surface area contributed by atoms with E-state index in [2.05, 4.69) is 15.6 Å². The molecule has 2 amide bonds. The highest BCUT2D eigenvalue weighted by Crippen LogP contribution is 2.17. The van der Waals surface area contributed by atoms with E-state index in [0.717, 1.165) is 5.56 Å². The molecule has 0 radical (unpaired) electrons. The van der Waals surface area contributed by atoms with Gasteiger partial charge in [-0.25, -0.2) is 4.98 Å². The smallest absolute Gasteiger partial charge is 0.313 e. The normalized spacial score (nSPS) is 11.7. The number of hydrogen-bond donors (Lipinski definition) is 2. The molecule has 0 bridgehead atoms. The van der Waals surface area contributed by atoms with Crippen LogP contribution in [-0.2, 0) is 16.6 Å². The average molecular weight is 419 g/mol. The lowest BCUT2D eigenvalue weighted by atomic mass is 10.1. The van der Waals surface area contributed by atoms with Gasteiger partial charge in [0.2, 0.25) is 5.78 Å². The minimum Gasteiger partial charge on any atom is -0.346 e. The van der Waals surface area contributed by atoms with Crippen molar-refractivity contribution in [3.8, 4) is 0 Å². The monoisotopic (exact) mass is 419 g/mol. The van der Waals surface area contributed by atoms with Crippen molar-refractivity contribution >= 4 is 23.3 Å². The van der Waals surface area contributed by atoms with Crippen molar-refractivity contribution in [1.29, 1.82) is 0 Å². The Morgan fingerprint density at radius 1 is 1.03 bits per heavy atom. The zero-order chi connectivity index (χ0) is 22.4. The minimum atomic E-state index is -0.799. The molecule has 0 saturated carbocycles. The zero-order valence-corrected chi connectivity index (χ0v) is 17.7. The van der Waals surface area contributed by atoms with E-state index in [0.29, 0.717) is 11.3 Å². The number of aromatic nitrogens is 2. The molecule has 3 aromatic rings. The summed E-state index contributed by atoms with van der Waals surface area (Å²) in [6.45, 7) is 0.279. The second-order valence-electron chi connectivity index (χ2n) is 7.33. The predicted molar refractivity (Wildman–Crippen MR) is 118 cm³/mol.